The molecule has 0 aliphatic carbocycles. The minimum absolute atomic E-state index is 0. The van der Waals surface area contributed by atoms with Gasteiger partial charge in [-0.05, 0) is 0 Å². The van der Waals surface area contributed by atoms with E-state index in [2.05, 4.69) is 13.8 Å². The van der Waals surface area contributed by atoms with Crippen molar-refractivity contribution in [2.45, 2.75) is 32.6 Å². The van der Waals surface area contributed by atoms with E-state index in [0.717, 1.165) is 6.42 Å². The molecule has 0 saturated carbocycles. The number of rotatable bonds is 3. The van der Waals surface area contributed by atoms with E-state index in [-0.39, 0.29) is 58.2 Å². The van der Waals surface area contributed by atoms with Crippen LogP contribution in [-0.4, -0.2) is 28.2 Å². The monoisotopic (exact) mass is 266 g/mol. The topological polar surface area (TPSA) is 80.9 Å². The molecule has 0 amide bonds. The smallest absolute Gasteiger partial charge is 0.368 e. The van der Waals surface area contributed by atoms with Crippen LogP contribution in [-0.2, 0) is 0 Å². The molecule has 0 aromatic heterocycles. The van der Waals surface area contributed by atoms with Crippen molar-refractivity contribution in [3.63, 3.8) is 0 Å². The van der Waals surface area contributed by atoms with Crippen molar-refractivity contribution >= 4 is 9.05 Å². The Bertz CT molecular complexity index is 66.4. The molecule has 0 aromatic carbocycles. The van der Waals surface area contributed by atoms with E-state index in [0.29, 0.717) is 0 Å². The van der Waals surface area contributed by atoms with Gasteiger partial charge in [-0.1, -0.05) is 26.2 Å². The molecule has 0 aliphatic rings. The van der Waals surface area contributed by atoms with Gasteiger partial charge in [0.05, 0.1) is 0 Å². The summed E-state index contributed by atoms with van der Waals surface area (Å²) in [4.78, 5) is 29.3. The van der Waals surface area contributed by atoms with Gasteiger partial charge < -0.3 is 26.1 Å². The van der Waals surface area contributed by atoms with E-state index in [1.807, 2.05) is 0 Å². The fourth-order valence-electron chi connectivity index (χ4n) is 0.427. The van der Waals surface area contributed by atoms with Crippen LogP contribution in [0.3, 0.4) is 0 Å². The van der Waals surface area contributed by atoms with Gasteiger partial charge in [0.2, 0.25) is 0 Å². The first kappa shape index (κ1) is 19.4. The van der Waals surface area contributed by atoms with E-state index in [1.54, 1.807) is 0 Å². The Labute approximate surface area is 124 Å². The maximum absolute atomic E-state index is 7.33. The Balaban J connectivity index is -0.000000126. The number of hydrogen-bond acceptors (Lipinski definition) is 4. The van der Waals surface area contributed by atoms with Gasteiger partial charge in [0, 0.05) is 0 Å². The molecule has 0 unspecified atom stereocenters. The molecule has 0 atom stereocenters. The first-order valence-corrected chi connectivity index (χ1v) is 5.39. The summed E-state index contributed by atoms with van der Waals surface area (Å²) in [7, 11) is -4.61. The van der Waals surface area contributed by atoms with E-state index >= 15 is 0 Å². The largest absolute Gasteiger partial charge is 1.00 e. The molecule has 0 fully saturated rings. The van der Waals surface area contributed by atoms with Crippen LogP contribution in [0.5, 0.6) is 0 Å². The van der Waals surface area contributed by atoms with Crippen molar-refractivity contribution in [1.29, 1.82) is 0 Å². The molecular formula is C6H17O4RbSi. The van der Waals surface area contributed by atoms with E-state index < -0.39 is 9.05 Å². The van der Waals surface area contributed by atoms with Gasteiger partial charge >= 0.3 is 67.2 Å². The molecule has 0 rings (SSSR count). The van der Waals surface area contributed by atoms with Crippen LogP contribution >= 0.6 is 0 Å². The van der Waals surface area contributed by atoms with E-state index in [9.17, 15) is 0 Å². The SMILES string of the molecule is O[Si](O)(O)O.[CH2-]CCCCC.[Rb+]. The third-order valence-corrected chi connectivity index (χ3v) is 0.854. The molecule has 0 saturated heterocycles. The van der Waals surface area contributed by atoms with Crippen LogP contribution in [0, 0.1) is 6.92 Å². The molecule has 6 heteroatoms. The average Bonchev–Trinajstić information content (AvgIpc) is 1.79. The summed E-state index contributed by atoms with van der Waals surface area (Å²) in [6, 6.07) is 0. The fourth-order valence-corrected chi connectivity index (χ4v) is 0.427. The summed E-state index contributed by atoms with van der Waals surface area (Å²) in [5.41, 5.74) is 0. The molecule has 4 nitrogen and oxygen atoms in total. The second-order valence-corrected chi connectivity index (χ2v) is 3.36. The molecule has 0 bridgehead atoms. The van der Waals surface area contributed by atoms with Crippen LogP contribution in [0.15, 0.2) is 0 Å². The first-order valence-electron chi connectivity index (χ1n) is 3.60. The molecule has 0 radical (unpaired) electrons. The first-order chi connectivity index (χ1) is 4.91. The van der Waals surface area contributed by atoms with Crippen molar-refractivity contribution in [2.75, 3.05) is 0 Å². The van der Waals surface area contributed by atoms with Gasteiger partial charge in [0.15, 0.2) is 0 Å². The summed E-state index contributed by atoms with van der Waals surface area (Å²) in [6.07, 6.45) is 5.07. The molecule has 70 valence electrons. The van der Waals surface area contributed by atoms with Crippen LogP contribution in [0.4, 0.5) is 0 Å². The predicted octanol–water partition coefficient (Wildman–Crippen LogP) is -3.20. The Morgan fingerprint density at radius 2 is 1.42 bits per heavy atom. The van der Waals surface area contributed by atoms with Crippen LogP contribution < -0.4 is 58.2 Å². The summed E-state index contributed by atoms with van der Waals surface area (Å²) in [5, 5.41) is 0. The van der Waals surface area contributed by atoms with Gasteiger partial charge in [0.25, 0.3) is 0 Å². The zero-order valence-corrected chi connectivity index (χ0v) is 13.7. The summed E-state index contributed by atoms with van der Waals surface area (Å²) >= 11 is 0. The Morgan fingerprint density at radius 1 is 1.08 bits per heavy atom. The van der Waals surface area contributed by atoms with E-state index in [1.165, 1.54) is 19.3 Å². The molecule has 12 heavy (non-hydrogen) atoms. The van der Waals surface area contributed by atoms with Crippen molar-refractivity contribution in [3.05, 3.63) is 6.92 Å². The van der Waals surface area contributed by atoms with Crippen LogP contribution in [0.2, 0.25) is 0 Å². The van der Waals surface area contributed by atoms with Crippen LogP contribution in [0.1, 0.15) is 32.6 Å². The Hall–Kier alpha value is 1.86. The minimum atomic E-state index is -4.61. The maximum Gasteiger partial charge on any atom is 1.00 e. The third kappa shape index (κ3) is 59.2. The molecule has 0 aliphatic heterocycles. The van der Waals surface area contributed by atoms with Crippen molar-refractivity contribution in [2.24, 2.45) is 0 Å². The second kappa shape index (κ2) is 12.9. The molecule has 0 heterocycles. The van der Waals surface area contributed by atoms with Gasteiger partial charge in [-0.15, -0.1) is 0 Å². The maximum atomic E-state index is 7.33. The molecule has 4 N–H and O–H groups in total. The fraction of sp³-hybridized carbons (Fsp3) is 0.833. The zero-order valence-electron chi connectivity index (χ0n) is 7.82. The van der Waals surface area contributed by atoms with Crippen molar-refractivity contribution in [1.82, 2.24) is 0 Å². The van der Waals surface area contributed by atoms with Gasteiger partial charge in [-0.2, -0.15) is 6.42 Å². The van der Waals surface area contributed by atoms with Gasteiger partial charge in [-0.25, -0.2) is 0 Å². The van der Waals surface area contributed by atoms with Crippen molar-refractivity contribution in [3.8, 4) is 0 Å². The average molecular weight is 267 g/mol. The van der Waals surface area contributed by atoms with E-state index in [4.69, 9.17) is 19.2 Å². The Morgan fingerprint density at radius 3 is 1.50 bits per heavy atom. The quantitative estimate of drug-likeness (QED) is 0.246. The number of unbranched alkanes of at least 4 members (excludes halogenated alkanes) is 3. The normalized spacial score (nSPS) is 9.50. The van der Waals surface area contributed by atoms with Crippen molar-refractivity contribution < 1.29 is 77.4 Å². The molecule has 0 aromatic rings. The summed E-state index contributed by atoms with van der Waals surface area (Å²) in [6.45, 7) is 5.93. The third-order valence-electron chi connectivity index (χ3n) is 0.854. The standard InChI is InChI=1S/C6H13.H4O4Si.Rb/c1-3-5-6-4-2;1-5(2,3)4;/h1,3-6H2,2H3;1-4H;/q-1;;+1. The predicted molar refractivity (Wildman–Crippen MR) is 44.1 cm³/mol. The summed E-state index contributed by atoms with van der Waals surface area (Å²) in [5.74, 6) is 0. The molecular weight excluding hydrogens is 250 g/mol. The number of hydrogen-bond donors (Lipinski definition) is 4. The summed E-state index contributed by atoms with van der Waals surface area (Å²) < 4.78 is 0. The second-order valence-electron chi connectivity index (χ2n) is 2.16. The Kier molecular flexibility index (Phi) is 20.8. The van der Waals surface area contributed by atoms with Crippen LogP contribution in [0.25, 0.3) is 0 Å². The zero-order chi connectivity index (χ0) is 9.33. The minimum Gasteiger partial charge on any atom is -0.368 e. The van der Waals surface area contributed by atoms with Gasteiger partial charge in [0.1, 0.15) is 0 Å². The van der Waals surface area contributed by atoms with Gasteiger partial charge in [-0.3, -0.25) is 0 Å². The molecule has 0 spiro atoms.